The average Bonchev–Trinajstić information content (AvgIpc) is 2.02. The zero-order chi connectivity index (χ0) is 8.85. The molecular weight excluding hydrogens is 148 g/mol. The van der Waals surface area contributed by atoms with E-state index in [1.165, 1.54) is 0 Å². The quantitative estimate of drug-likeness (QED) is 0.488. The molecule has 2 unspecified atom stereocenters. The lowest BCUT2D eigenvalue weighted by Crippen LogP contribution is -2.35. The van der Waals surface area contributed by atoms with Crippen molar-refractivity contribution in [1.29, 1.82) is 0 Å². The minimum atomic E-state index is -1.43. The highest BCUT2D eigenvalue weighted by atomic mass is 16.3. The van der Waals surface area contributed by atoms with Gasteiger partial charge in [-0.15, -0.1) is 0 Å². The Bertz CT molecular complexity index is 124. The number of ketones is 1. The number of Topliss-reactive ketones (excluding diaryl/α,β-unsaturated/α-hetero) is 1. The van der Waals surface area contributed by atoms with E-state index < -0.39 is 24.6 Å². The van der Waals surface area contributed by atoms with E-state index in [0.717, 1.165) is 0 Å². The Hall–Kier alpha value is -0.450. The van der Waals surface area contributed by atoms with Gasteiger partial charge in [0, 0.05) is 0 Å². The molecule has 0 amide bonds. The maximum Gasteiger partial charge on any atom is 0.189 e. The molecule has 0 aromatic rings. The van der Waals surface area contributed by atoms with Crippen LogP contribution in [-0.4, -0.2) is 39.9 Å². The lowest BCUT2D eigenvalue weighted by molar-refractivity contribution is -0.135. The van der Waals surface area contributed by atoms with Crippen LogP contribution in [0, 0.1) is 0 Å². The van der Waals surface area contributed by atoms with Crippen molar-refractivity contribution in [2.24, 2.45) is 0 Å². The van der Waals surface area contributed by atoms with Gasteiger partial charge < -0.3 is 15.3 Å². The lowest BCUT2D eigenvalue weighted by Gasteiger charge is -2.14. The smallest absolute Gasteiger partial charge is 0.189 e. The Labute approximate surface area is 65.5 Å². The van der Waals surface area contributed by atoms with Crippen molar-refractivity contribution in [2.45, 2.75) is 32.0 Å². The molecule has 0 spiro atoms. The van der Waals surface area contributed by atoms with Crippen LogP contribution in [0.4, 0.5) is 0 Å². The molecule has 0 heterocycles. The second-order valence-corrected chi connectivity index (χ2v) is 2.43. The maximum atomic E-state index is 10.6. The summed E-state index contributed by atoms with van der Waals surface area (Å²) in [6, 6.07) is 0. The molecule has 0 aromatic carbocycles. The molecule has 0 fully saturated rings. The Morgan fingerprint density at radius 3 is 2.36 bits per heavy atom. The molecule has 3 N–H and O–H groups in total. The fourth-order valence-corrected chi connectivity index (χ4v) is 0.762. The third kappa shape index (κ3) is 3.46. The van der Waals surface area contributed by atoms with Gasteiger partial charge in [-0.3, -0.25) is 4.79 Å². The molecule has 2 atom stereocenters. The van der Waals surface area contributed by atoms with Crippen molar-refractivity contribution in [2.75, 3.05) is 6.61 Å². The summed E-state index contributed by atoms with van der Waals surface area (Å²) in [7, 11) is 0. The molecule has 4 nitrogen and oxygen atoms in total. The number of rotatable bonds is 5. The van der Waals surface area contributed by atoms with E-state index in [1.807, 2.05) is 6.92 Å². The van der Waals surface area contributed by atoms with Crippen LogP contribution >= 0.6 is 0 Å². The van der Waals surface area contributed by atoms with Gasteiger partial charge in [-0.2, -0.15) is 0 Å². The topological polar surface area (TPSA) is 77.8 Å². The molecule has 4 heteroatoms. The summed E-state index contributed by atoms with van der Waals surface area (Å²) in [4.78, 5) is 10.6. The summed E-state index contributed by atoms with van der Waals surface area (Å²) in [6.07, 6.45) is -1.41. The normalized spacial score (nSPS) is 16.0. The van der Waals surface area contributed by atoms with Gasteiger partial charge in [0.1, 0.15) is 12.7 Å². The van der Waals surface area contributed by atoms with Crippen molar-refractivity contribution < 1.29 is 20.1 Å². The zero-order valence-electron chi connectivity index (χ0n) is 6.53. The Kier molecular flexibility index (Phi) is 5.02. The Balaban J connectivity index is 3.80. The first-order valence-corrected chi connectivity index (χ1v) is 3.63. The molecule has 0 aliphatic carbocycles. The Morgan fingerprint density at radius 1 is 1.45 bits per heavy atom. The third-order valence-electron chi connectivity index (χ3n) is 1.43. The molecule has 0 saturated heterocycles. The van der Waals surface area contributed by atoms with Crippen LogP contribution in [-0.2, 0) is 4.79 Å². The molecule has 11 heavy (non-hydrogen) atoms. The summed E-state index contributed by atoms with van der Waals surface area (Å²) < 4.78 is 0. The van der Waals surface area contributed by atoms with E-state index in [1.54, 1.807) is 0 Å². The molecular formula is C7H14O4. The van der Waals surface area contributed by atoms with Crippen LogP contribution in [0.3, 0.4) is 0 Å². The molecule has 0 rings (SSSR count). The minimum Gasteiger partial charge on any atom is -0.390 e. The van der Waals surface area contributed by atoms with Crippen molar-refractivity contribution in [3.63, 3.8) is 0 Å². The monoisotopic (exact) mass is 162 g/mol. The van der Waals surface area contributed by atoms with E-state index in [4.69, 9.17) is 15.3 Å². The van der Waals surface area contributed by atoms with Crippen molar-refractivity contribution in [3.05, 3.63) is 0 Å². The molecule has 0 aromatic heterocycles. The third-order valence-corrected chi connectivity index (χ3v) is 1.43. The number of carbonyl (C=O) groups is 1. The van der Waals surface area contributed by atoms with E-state index in [2.05, 4.69) is 0 Å². The summed E-state index contributed by atoms with van der Waals surface area (Å²) in [5.41, 5.74) is 0. The number of hydrogen-bond acceptors (Lipinski definition) is 4. The first-order valence-electron chi connectivity index (χ1n) is 3.63. The standard InChI is InChI=1S/C7H14O4/c1-2-3-5(9)7(11)6(10)4-8/h5,7-9,11H,2-4H2,1H3. The SMILES string of the molecule is CCCC(O)C(O)C(=O)CO. The number of aliphatic hydroxyl groups excluding tert-OH is 3. The summed E-state index contributed by atoms with van der Waals surface area (Å²) in [5.74, 6) is -0.731. The van der Waals surface area contributed by atoms with Gasteiger partial charge in [0.15, 0.2) is 5.78 Å². The van der Waals surface area contributed by atoms with Gasteiger partial charge in [0.2, 0.25) is 0 Å². The predicted octanol–water partition coefficient (Wildman–Crippen LogP) is -0.930. The molecule has 0 aliphatic heterocycles. The second-order valence-electron chi connectivity index (χ2n) is 2.43. The first kappa shape index (κ1) is 10.6. The Morgan fingerprint density at radius 2 is 2.00 bits per heavy atom. The predicted molar refractivity (Wildman–Crippen MR) is 39.0 cm³/mol. The van der Waals surface area contributed by atoms with Crippen LogP contribution in [0.5, 0.6) is 0 Å². The summed E-state index contributed by atoms with van der Waals surface area (Å²) >= 11 is 0. The van der Waals surface area contributed by atoms with Gasteiger partial charge in [-0.25, -0.2) is 0 Å². The number of aliphatic hydroxyl groups is 3. The van der Waals surface area contributed by atoms with Crippen molar-refractivity contribution in [1.82, 2.24) is 0 Å². The highest BCUT2D eigenvalue weighted by Gasteiger charge is 2.21. The van der Waals surface area contributed by atoms with Crippen LogP contribution in [0.1, 0.15) is 19.8 Å². The average molecular weight is 162 g/mol. The maximum absolute atomic E-state index is 10.6. The summed E-state index contributed by atoms with van der Waals surface area (Å²) in [6.45, 7) is 1.11. The van der Waals surface area contributed by atoms with Gasteiger partial charge in [-0.1, -0.05) is 13.3 Å². The second kappa shape index (κ2) is 5.23. The van der Waals surface area contributed by atoms with Gasteiger partial charge >= 0.3 is 0 Å². The molecule has 0 radical (unpaired) electrons. The van der Waals surface area contributed by atoms with Crippen molar-refractivity contribution in [3.8, 4) is 0 Å². The fourth-order valence-electron chi connectivity index (χ4n) is 0.762. The number of carbonyl (C=O) groups excluding carboxylic acids is 1. The van der Waals surface area contributed by atoms with Crippen LogP contribution < -0.4 is 0 Å². The zero-order valence-corrected chi connectivity index (χ0v) is 6.53. The fraction of sp³-hybridized carbons (Fsp3) is 0.857. The van der Waals surface area contributed by atoms with Gasteiger partial charge in [0.25, 0.3) is 0 Å². The van der Waals surface area contributed by atoms with Gasteiger partial charge in [0.05, 0.1) is 6.10 Å². The number of hydrogen-bond donors (Lipinski definition) is 3. The van der Waals surface area contributed by atoms with Gasteiger partial charge in [-0.05, 0) is 6.42 Å². The van der Waals surface area contributed by atoms with E-state index >= 15 is 0 Å². The molecule has 0 aliphatic rings. The molecule has 66 valence electrons. The van der Waals surface area contributed by atoms with Crippen LogP contribution in [0.25, 0.3) is 0 Å². The molecule has 0 saturated carbocycles. The highest BCUT2D eigenvalue weighted by Crippen LogP contribution is 2.02. The lowest BCUT2D eigenvalue weighted by atomic mass is 10.1. The minimum absolute atomic E-state index is 0.368. The largest absolute Gasteiger partial charge is 0.390 e. The molecule has 0 bridgehead atoms. The van der Waals surface area contributed by atoms with E-state index in [-0.39, 0.29) is 0 Å². The van der Waals surface area contributed by atoms with E-state index in [9.17, 15) is 4.79 Å². The first-order chi connectivity index (χ1) is 5.13. The highest BCUT2D eigenvalue weighted by molar-refractivity contribution is 5.84. The van der Waals surface area contributed by atoms with E-state index in [0.29, 0.717) is 12.8 Å². The van der Waals surface area contributed by atoms with Crippen LogP contribution in [0.2, 0.25) is 0 Å². The summed E-state index contributed by atoms with van der Waals surface area (Å²) in [5, 5.41) is 26.3. The van der Waals surface area contributed by atoms with Crippen LogP contribution in [0.15, 0.2) is 0 Å². The van der Waals surface area contributed by atoms with Crippen molar-refractivity contribution >= 4 is 5.78 Å².